The van der Waals surface area contributed by atoms with E-state index < -0.39 is 0 Å². The second-order valence-corrected chi connectivity index (χ2v) is 5.58. The van der Waals surface area contributed by atoms with Crippen molar-refractivity contribution in [2.75, 3.05) is 26.7 Å². The zero-order valence-corrected chi connectivity index (χ0v) is 11.9. The number of nitrogens with two attached hydrogens (primary N) is 1. The molecule has 98 valence electrons. The summed E-state index contributed by atoms with van der Waals surface area (Å²) in [5.41, 5.74) is 7.87. The summed E-state index contributed by atoms with van der Waals surface area (Å²) >= 11 is 4.96. The minimum Gasteiger partial charge on any atom is -0.389 e. The molecular weight excluding hydrogens is 242 g/mol. The van der Waals surface area contributed by atoms with Gasteiger partial charge in [0.2, 0.25) is 0 Å². The Hall–Kier alpha value is -0.970. The molecule has 1 saturated heterocycles. The Morgan fingerprint density at radius 1 is 1.33 bits per heavy atom. The fraction of sp³-hybridized carbons (Fsp3) is 0.500. The zero-order valence-electron chi connectivity index (χ0n) is 11.1. The third kappa shape index (κ3) is 3.28. The number of nitrogens with zero attached hydrogens (tertiary/aromatic N) is 2. The number of benzene rings is 1. The third-order valence-corrected chi connectivity index (χ3v) is 3.83. The molecule has 1 atom stereocenters. The highest BCUT2D eigenvalue weighted by atomic mass is 32.1. The summed E-state index contributed by atoms with van der Waals surface area (Å²) in [6, 6.07) is 8.88. The van der Waals surface area contributed by atoms with E-state index in [0.29, 0.717) is 11.0 Å². The van der Waals surface area contributed by atoms with E-state index in [0.717, 1.165) is 31.7 Å². The molecule has 4 heteroatoms. The van der Waals surface area contributed by atoms with Crippen molar-refractivity contribution in [3.63, 3.8) is 0 Å². The van der Waals surface area contributed by atoms with E-state index >= 15 is 0 Å². The lowest BCUT2D eigenvalue weighted by Crippen LogP contribution is -2.49. The second-order valence-electron chi connectivity index (χ2n) is 5.14. The molecular formula is C14H21N3S. The number of thiocarbonyl (C=S) groups is 1. The van der Waals surface area contributed by atoms with Gasteiger partial charge in [0.25, 0.3) is 0 Å². The van der Waals surface area contributed by atoms with Crippen LogP contribution in [0, 0.1) is 0 Å². The average molecular weight is 263 g/mol. The van der Waals surface area contributed by atoms with Crippen LogP contribution in [0.1, 0.15) is 18.1 Å². The summed E-state index contributed by atoms with van der Waals surface area (Å²) in [6.07, 6.45) is 0. The average Bonchev–Trinajstić information content (AvgIpc) is 2.33. The lowest BCUT2D eigenvalue weighted by atomic mass is 10.1. The smallest absolute Gasteiger partial charge is 0.103 e. The van der Waals surface area contributed by atoms with Gasteiger partial charge in [-0.25, -0.2) is 0 Å². The Balaban J connectivity index is 1.99. The predicted molar refractivity (Wildman–Crippen MR) is 79.7 cm³/mol. The van der Waals surface area contributed by atoms with Crippen molar-refractivity contribution in [2.24, 2.45) is 5.73 Å². The van der Waals surface area contributed by atoms with Crippen molar-refractivity contribution in [1.82, 2.24) is 9.80 Å². The molecule has 2 rings (SSSR count). The molecule has 0 aliphatic carbocycles. The van der Waals surface area contributed by atoms with Gasteiger partial charge in [-0.3, -0.25) is 4.90 Å². The molecule has 3 nitrogen and oxygen atoms in total. The van der Waals surface area contributed by atoms with Crippen LogP contribution < -0.4 is 5.73 Å². The molecule has 1 unspecified atom stereocenters. The van der Waals surface area contributed by atoms with Gasteiger partial charge in [-0.15, -0.1) is 0 Å². The van der Waals surface area contributed by atoms with Crippen LogP contribution in [-0.4, -0.2) is 47.5 Å². The van der Waals surface area contributed by atoms with E-state index in [1.807, 2.05) is 12.1 Å². The number of likely N-dealkylation sites (N-methyl/N-ethyl adjacent to an activating group) is 1. The number of hydrogen-bond acceptors (Lipinski definition) is 3. The minimum absolute atomic E-state index is 0.467. The van der Waals surface area contributed by atoms with Crippen LogP contribution in [0.3, 0.4) is 0 Å². The Kier molecular flexibility index (Phi) is 4.32. The van der Waals surface area contributed by atoms with E-state index in [2.05, 4.69) is 35.9 Å². The van der Waals surface area contributed by atoms with Gasteiger partial charge in [0.05, 0.1) is 0 Å². The second kappa shape index (κ2) is 5.78. The SMILES string of the molecule is CC1CN(C)CCN1Cc1ccc(C(N)=S)cc1. The molecule has 1 aromatic rings. The number of piperazine rings is 1. The van der Waals surface area contributed by atoms with Crippen molar-refractivity contribution in [3.8, 4) is 0 Å². The van der Waals surface area contributed by atoms with Gasteiger partial charge in [-0.2, -0.15) is 0 Å². The first-order valence-corrected chi connectivity index (χ1v) is 6.78. The molecule has 1 aliphatic heterocycles. The number of hydrogen-bond donors (Lipinski definition) is 1. The summed E-state index contributed by atoms with van der Waals surface area (Å²) in [4.78, 5) is 5.38. The monoisotopic (exact) mass is 263 g/mol. The third-order valence-electron chi connectivity index (χ3n) is 3.59. The van der Waals surface area contributed by atoms with Crippen LogP contribution in [0.5, 0.6) is 0 Å². The van der Waals surface area contributed by atoms with Crippen molar-refractivity contribution < 1.29 is 0 Å². The molecule has 0 spiro atoms. The summed E-state index contributed by atoms with van der Waals surface area (Å²) in [6.45, 7) is 6.72. The van der Waals surface area contributed by atoms with Crippen molar-refractivity contribution >= 4 is 17.2 Å². The molecule has 0 bridgehead atoms. The zero-order chi connectivity index (χ0) is 13.1. The highest BCUT2D eigenvalue weighted by molar-refractivity contribution is 7.80. The van der Waals surface area contributed by atoms with Crippen LogP contribution in [0.4, 0.5) is 0 Å². The first-order valence-electron chi connectivity index (χ1n) is 6.37. The lowest BCUT2D eigenvalue weighted by molar-refractivity contribution is 0.0938. The summed E-state index contributed by atoms with van der Waals surface area (Å²) in [7, 11) is 2.19. The largest absolute Gasteiger partial charge is 0.389 e. The molecule has 2 N–H and O–H groups in total. The fourth-order valence-corrected chi connectivity index (χ4v) is 2.56. The van der Waals surface area contributed by atoms with Crippen molar-refractivity contribution in [1.29, 1.82) is 0 Å². The number of rotatable bonds is 3. The van der Waals surface area contributed by atoms with E-state index in [-0.39, 0.29) is 0 Å². The van der Waals surface area contributed by atoms with Crippen molar-refractivity contribution in [3.05, 3.63) is 35.4 Å². The molecule has 0 amide bonds. The maximum atomic E-state index is 5.60. The van der Waals surface area contributed by atoms with Crippen LogP contribution in [0.2, 0.25) is 0 Å². The van der Waals surface area contributed by atoms with Crippen LogP contribution in [-0.2, 0) is 6.54 Å². The topological polar surface area (TPSA) is 32.5 Å². The lowest BCUT2D eigenvalue weighted by Gasteiger charge is -2.38. The summed E-state index contributed by atoms with van der Waals surface area (Å²) in [5.74, 6) is 0. The Morgan fingerprint density at radius 2 is 2.00 bits per heavy atom. The molecule has 1 aliphatic rings. The molecule has 0 saturated carbocycles. The van der Waals surface area contributed by atoms with E-state index in [1.165, 1.54) is 5.56 Å². The van der Waals surface area contributed by atoms with E-state index in [1.54, 1.807) is 0 Å². The van der Waals surface area contributed by atoms with Crippen LogP contribution in [0.25, 0.3) is 0 Å². The molecule has 1 aromatic carbocycles. The summed E-state index contributed by atoms with van der Waals surface area (Å²) < 4.78 is 0. The van der Waals surface area contributed by atoms with Gasteiger partial charge in [0.1, 0.15) is 4.99 Å². The van der Waals surface area contributed by atoms with E-state index in [4.69, 9.17) is 18.0 Å². The molecule has 1 fully saturated rings. The standard InChI is InChI=1S/C14H21N3S/c1-11-9-16(2)7-8-17(11)10-12-3-5-13(6-4-12)14(15)18/h3-6,11H,7-10H2,1-2H3,(H2,15,18). The van der Waals surface area contributed by atoms with Gasteiger partial charge in [0.15, 0.2) is 0 Å². The van der Waals surface area contributed by atoms with Gasteiger partial charge in [-0.1, -0.05) is 36.5 Å². The van der Waals surface area contributed by atoms with Crippen molar-refractivity contribution in [2.45, 2.75) is 19.5 Å². The predicted octanol–water partition coefficient (Wildman–Crippen LogP) is 1.46. The molecule has 0 aromatic heterocycles. The Labute approximate surface area is 115 Å². The maximum Gasteiger partial charge on any atom is 0.103 e. The first-order chi connectivity index (χ1) is 8.56. The highest BCUT2D eigenvalue weighted by Gasteiger charge is 2.21. The van der Waals surface area contributed by atoms with Gasteiger partial charge < -0.3 is 10.6 Å². The Bertz CT molecular complexity index is 416. The van der Waals surface area contributed by atoms with Crippen LogP contribution >= 0.6 is 12.2 Å². The van der Waals surface area contributed by atoms with E-state index in [9.17, 15) is 0 Å². The first kappa shape index (κ1) is 13.5. The Morgan fingerprint density at radius 3 is 2.56 bits per heavy atom. The highest BCUT2D eigenvalue weighted by Crippen LogP contribution is 2.13. The summed E-state index contributed by atoms with van der Waals surface area (Å²) in [5, 5.41) is 0. The molecule has 18 heavy (non-hydrogen) atoms. The van der Waals surface area contributed by atoms with Crippen LogP contribution in [0.15, 0.2) is 24.3 Å². The molecule has 0 radical (unpaired) electrons. The quantitative estimate of drug-likeness (QED) is 0.837. The van der Waals surface area contributed by atoms with Gasteiger partial charge >= 0.3 is 0 Å². The minimum atomic E-state index is 0.467. The van der Waals surface area contributed by atoms with Gasteiger partial charge in [0, 0.05) is 37.8 Å². The normalized spacial score (nSPS) is 22.0. The van der Waals surface area contributed by atoms with Gasteiger partial charge in [-0.05, 0) is 19.5 Å². The fourth-order valence-electron chi connectivity index (χ4n) is 2.42. The molecule has 1 heterocycles. The maximum absolute atomic E-state index is 5.60.